The summed E-state index contributed by atoms with van der Waals surface area (Å²) in [6, 6.07) is 11.9. The number of nitrogen functional groups attached to an aromatic ring is 1. The minimum Gasteiger partial charge on any atom is -0.399 e. The molecule has 21 heavy (non-hydrogen) atoms. The summed E-state index contributed by atoms with van der Waals surface area (Å²) in [5.74, 6) is 0.499. The Balaban J connectivity index is 2.34. The molecule has 0 bridgehead atoms. The standard InChI is InChI=1S/C18H20BNO/c1-4-12-9-10-14-16(17(12)20)19(11(2)3)15-8-6-5-7-13(15)18(14)21/h5-11H,4,20H2,1-3H3. The van der Waals surface area contributed by atoms with Crippen LogP contribution in [-0.4, -0.2) is 12.5 Å². The molecule has 0 aromatic heterocycles. The summed E-state index contributed by atoms with van der Waals surface area (Å²) >= 11 is 0. The largest absolute Gasteiger partial charge is 0.399 e. The van der Waals surface area contributed by atoms with Crippen LogP contribution in [0.15, 0.2) is 36.4 Å². The number of hydrogen-bond donors (Lipinski definition) is 1. The maximum atomic E-state index is 12.8. The van der Waals surface area contributed by atoms with Crippen LogP contribution in [0.25, 0.3) is 0 Å². The zero-order valence-corrected chi connectivity index (χ0v) is 12.8. The summed E-state index contributed by atoms with van der Waals surface area (Å²) in [5.41, 5.74) is 12.1. The van der Waals surface area contributed by atoms with E-state index >= 15 is 0 Å². The Morgan fingerprint density at radius 3 is 2.48 bits per heavy atom. The van der Waals surface area contributed by atoms with Crippen molar-refractivity contribution in [3.05, 3.63) is 53.1 Å². The predicted molar refractivity (Wildman–Crippen MR) is 90.2 cm³/mol. The van der Waals surface area contributed by atoms with Gasteiger partial charge in [0.15, 0.2) is 5.78 Å². The minimum absolute atomic E-state index is 0.104. The molecule has 0 fully saturated rings. The molecule has 106 valence electrons. The molecule has 0 saturated heterocycles. The maximum absolute atomic E-state index is 12.8. The van der Waals surface area contributed by atoms with Crippen molar-refractivity contribution < 1.29 is 4.79 Å². The second-order valence-corrected chi connectivity index (χ2v) is 6.09. The van der Waals surface area contributed by atoms with Gasteiger partial charge >= 0.3 is 0 Å². The highest BCUT2D eigenvalue weighted by Crippen LogP contribution is 2.24. The summed E-state index contributed by atoms with van der Waals surface area (Å²) in [4.78, 5) is 12.8. The summed E-state index contributed by atoms with van der Waals surface area (Å²) in [6.45, 7) is 6.68. The summed E-state index contributed by atoms with van der Waals surface area (Å²) in [7, 11) is 0. The molecule has 0 saturated carbocycles. The van der Waals surface area contributed by atoms with Gasteiger partial charge in [0.25, 0.3) is 0 Å². The number of benzene rings is 2. The van der Waals surface area contributed by atoms with Crippen LogP contribution >= 0.6 is 0 Å². The normalized spacial score (nSPS) is 13.3. The van der Waals surface area contributed by atoms with Crippen molar-refractivity contribution in [2.24, 2.45) is 0 Å². The average molecular weight is 277 g/mol. The number of anilines is 1. The van der Waals surface area contributed by atoms with E-state index in [1.54, 1.807) is 0 Å². The van der Waals surface area contributed by atoms with E-state index in [1.165, 1.54) is 0 Å². The van der Waals surface area contributed by atoms with E-state index in [4.69, 9.17) is 5.73 Å². The highest BCUT2D eigenvalue weighted by molar-refractivity contribution is 6.90. The molecule has 2 aromatic rings. The SMILES string of the molecule is CCc1ccc2c(c1N)B(C(C)C)c1ccccc1C2=O. The maximum Gasteiger partial charge on any atom is 0.216 e. The molecule has 0 atom stereocenters. The Labute approximate surface area is 126 Å². The highest BCUT2D eigenvalue weighted by atomic mass is 16.1. The Morgan fingerprint density at radius 2 is 1.81 bits per heavy atom. The van der Waals surface area contributed by atoms with Gasteiger partial charge in [-0.15, -0.1) is 0 Å². The molecule has 1 heterocycles. The van der Waals surface area contributed by atoms with Gasteiger partial charge in [0.2, 0.25) is 6.71 Å². The highest BCUT2D eigenvalue weighted by Gasteiger charge is 2.37. The zero-order chi connectivity index (χ0) is 15.1. The molecule has 2 nitrogen and oxygen atoms in total. The molecular weight excluding hydrogens is 257 g/mol. The van der Waals surface area contributed by atoms with Gasteiger partial charge in [-0.25, -0.2) is 0 Å². The van der Waals surface area contributed by atoms with Crippen LogP contribution in [0.1, 0.15) is 42.3 Å². The molecule has 2 aromatic carbocycles. The Morgan fingerprint density at radius 1 is 1.10 bits per heavy atom. The summed E-state index contributed by atoms with van der Waals surface area (Å²) in [5, 5.41) is 0. The molecule has 0 radical (unpaired) electrons. The number of nitrogens with two attached hydrogens (primary N) is 1. The smallest absolute Gasteiger partial charge is 0.216 e. The average Bonchev–Trinajstić information content (AvgIpc) is 2.48. The molecule has 3 heteroatoms. The first-order valence-electron chi connectivity index (χ1n) is 7.61. The Kier molecular flexibility index (Phi) is 3.36. The summed E-state index contributed by atoms with van der Waals surface area (Å²) < 4.78 is 0. The van der Waals surface area contributed by atoms with Crippen molar-refractivity contribution in [2.45, 2.75) is 33.0 Å². The molecule has 1 aliphatic heterocycles. The third-order valence-corrected chi connectivity index (χ3v) is 4.52. The van der Waals surface area contributed by atoms with Gasteiger partial charge in [0, 0.05) is 16.8 Å². The molecule has 0 unspecified atom stereocenters. The van der Waals surface area contributed by atoms with Gasteiger partial charge in [0.05, 0.1) is 0 Å². The fraction of sp³-hybridized carbons (Fsp3) is 0.278. The fourth-order valence-electron chi connectivity index (χ4n) is 3.49. The van der Waals surface area contributed by atoms with Crippen LogP contribution in [0.2, 0.25) is 5.82 Å². The minimum atomic E-state index is 0.104. The Hall–Kier alpha value is -2.03. The van der Waals surface area contributed by atoms with Gasteiger partial charge in [-0.3, -0.25) is 4.79 Å². The third-order valence-electron chi connectivity index (χ3n) is 4.52. The van der Waals surface area contributed by atoms with E-state index in [-0.39, 0.29) is 12.5 Å². The topological polar surface area (TPSA) is 43.1 Å². The number of carbonyl (C=O) groups is 1. The van der Waals surface area contributed by atoms with Crippen LogP contribution in [0.4, 0.5) is 5.69 Å². The van der Waals surface area contributed by atoms with Gasteiger partial charge < -0.3 is 5.73 Å². The lowest BCUT2D eigenvalue weighted by Crippen LogP contribution is -2.54. The quantitative estimate of drug-likeness (QED) is 0.676. The van der Waals surface area contributed by atoms with Crippen LogP contribution in [0.3, 0.4) is 0 Å². The second kappa shape index (κ2) is 5.07. The second-order valence-electron chi connectivity index (χ2n) is 6.09. The van der Waals surface area contributed by atoms with E-state index < -0.39 is 0 Å². The number of hydrogen-bond acceptors (Lipinski definition) is 2. The lowest BCUT2D eigenvalue weighted by atomic mass is 9.31. The van der Waals surface area contributed by atoms with E-state index in [0.717, 1.165) is 39.7 Å². The van der Waals surface area contributed by atoms with Gasteiger partial charge in [0.1, 0.15) is 0 Å². The first-order chi connectivity index (χ1) is 10.1. The van der Waals surface area contributed by atoms with E-state index in [1.807, 2.05) is 30.3 Å². The number of rotatable bonds is 2. The third kappa shape index (κ3) is 1.99. The lowest BCUT2D eigenvalue weighted by Gasteiger charge is -2.30. The van der Waals surface area contributed by atoms with Crippen molar-refractivity contribution in [1.82, 2.24) is 0 Å². The van der Waals surface area contributed by atoms with E-state index in [2.05, 4.69) is 26.8 Å². The molecule has 3 rings (SSSR count). The van der Waals surface area contributed by atoms with Crippen LogP contribution < -0.4 is 16.7 Å². The molecule has 2 N–H and O–H groups in total. The van der Waals surface area contributed by atoms with Gasteiger partial charge in [-0.05, 0) is 17.4 Å². The predicted octanol–water partition coefficient (Wildman–Crippen LogP) is 2.39. The number of carbonyl (C=O) groups excluding carboxylic acids is 1. The molecule has 0 aliphatic carbocycles. The summed E-state index contributed by atoms with van der Waals surface area (Å²) in [6.07, 6.45) is 0.889. The van der Waals surface area contributed by atoms with Crippen LogP contribution in [-0.2, 0) is 6.42 Å². The molecule has 0 amide bonds. The van der Waals surface area contributed by atoms with Crippen molar-refractivity contribution in [3.8, 4) is 0 Å². The van der Waals surface area contributed by atoms with Crippen LogP contribution in [0.5, 0.6) is 0 Å². The number of aryl methyl sites for hydroxylation is 1. The lowest BCUT2D eigenvalue weighted by molar-refractivity contribution is 0.104. The number of ketones is 1. The first kappa shape index (κ1) is 13.9. The monoisotopic (exact) mass is 277 g/mol. The Bertz CT molecular complexity index is 721. The van der Waals surface area contributed by atoms with Crippen LogP contribution in [0, 0.1) is 0 Å². The zero-order valence-electron chi connectivity index (χ0n) is 12.8. The first-order valence-corrected chi connectivity index (χ1v) is 7.61. The van der Waals surface area contributed by atoms with E-state index in [9.17, 15) is 4.79 Å². The van der Waals surface area contributed by atoms with Crippen molar-refractivity contribution in [3.63, 3.8) is 0 Å². The van der Waals surface area contributed by atoms with Crippen molar-refractivity contribution in [1.29, 1.82) is 0 Å². The van der Waals surface area contributed by atoms with Gasteiger partial charge in [-0.1, -0.05) is 68.4 Å². The molecule has 0 spiro atoms. The fourth-order valence-corrected chi connectivity index (χ4v) is 3.49. The van der Waals surface area contributed by atoms with Crippen molar-refractivity contribution >= 4 is 29.1 Å². The van der Waals surface area contributed by atoms with Gasteiger partial charge in [-0.2, -0.15) is 0 Å². The van der Waals surface area contributed by atoms with Crippen molar-refractivity contribution in [2.75, 3.05) is 5.73 Å². The molecular formula is C18H20BNO. The number of fused-ring (bicyclic) bond motifs is 2. The molecule has 1 aliphatic rings. The van der Waals surface area contributed by atoms with E-state index in [0.29, 0.717) is 5.82 Å².